The first kappa shape index (κ1) is 25.9. The molecule has 5 rings (SSSR count). The molecule has 1 fully saturated rings. The summed E-state index contributed by atoms with van der Waals surface area (Å²) in [5.41, 5.74) is 1.26. The molecular weight excluding hydrogens is 500 g/mol. The van der Waals surface area contributed by atoms with Gasteiger partial charge in [0.15, 0.2) is 11.5 Å². The number of ether oxygens (including phenoxy) is 1. The Labute approximate surface area is 216 Å². The minimum atomic E-state index is -3.86. The Morgan fingerprint density at radius 3 is 2.61 bits per heavy atom. The van der Waals surface area contributed by atoms with Gasteiger partial charge in [0.2, 0.25) is 5.95 Å². The number of hydrogen-bond donors (Lipinski definition) is 2. The summed E-state index contributed by atoms with van der Waals surface area (Å²) in [7, 11) is -2.24. The zero-order valence-electron chi connectivity index (χ0n) is 20.3. The zero-order chi connectivity index (χ0) is 24.6. The highest BCUT2D eigenvalue weighted by molar-refractivity contribution is 7.90. The fraction of sp³-hybridized carbons (Fsp3) is 0.391. The van der Waals surface area contributed by atoms with Crippen LogP contribution < -0.4 is 10.6 Å². The third-order valence-electron chi connectivity index (χ3n) is 6.09. The van der Waals surface area contributed by atoms with Crippen LogP contribution in [0.3, 0.4) is 0 Å². The molecule has 1 aromatic carbocycles. The molecule has 1 atom stereocenters. The highest BCUT2D eigenvalue weighted by atomic mass is 32.2. The molecule has 4 aromatic rings. The number of fused-ring (bicyclic) bond motifs is 1. The van der Waals surface area contributed by atoms with E-state index in [2.05, 4.69) is 37.8 Å². The first-order chi connectivity index (χ1) is 16.8. The number of methoxy groups -OCH3 is 1. The van der Waals surface area contributed by atoms with Crippen LogP contribution in [0.5, 0.6) is 0 Å². The second kappa shape index (κ2) is 10.4. The van der Waals surface area contributed by atoms with Gasteiger partial charge in [0.05, 0.1) is 29.6 Å². The average molecular weight is 531 g/mol. The van der Waals surface area contributed by atoms with Gasteiger partial charge in [-0.05, 0) is 50.8 Å². The van der Waals surface area contributed by atoms with Gasteiger partial charge in [0.25, 0.3) is 10.0 Å². The van der Waals surface area contributed by atoms with E-state index in [4.69, 9.17) is 4.74 Å². The van der Waals surface area contributed by atoms with Gasteiger partial charge < -0.3 is 15.4 Å². The topological polar surface area (TPSA) is 129 Å². The lowest BCUT2D eigenvalue weighted by atomic mass is 10.2. The fourth-order valence-electron chi connectivity index (χ4n) is 3.87. The van der Waals surface area contributed by atoms with E-state index in [1.54, 1.807) is 48.3 Å². The highest BCUT2D eigenvalue weighted by Crippen LogP contribution is 2.35. The van der Waals surface area contributed by atoms with E-state index >= 15 is 0 Å². The van der Waals surface area contributed by atoms with Crippen LogP contribution in [0.15, 0.2) is 47.6 Å². The molecule has 1 aliphatic rings. The first-order valence-electron chi connectivity index (χ1n) is 11.5. The molecule has 36 heavy (non-hydrogen) atoms. The summed E-state index contributed by atoms with van der Waals surface area (Å²) < 4.78 is 34.9. The Morgan fingerprint density at radius 1 is 1.17 bits per heavy atom. The smallest absolute Gasteiger partial charge is 0.269 e. The van der Waals surface area contributed by atoms with E-state index in [0.717, 1.165) is 5.56 Å². The summed E-state index contributed by atoms with van der Waals surface area (Å²) >= 11 is 0. The zero-order valence-corrected chi connectivity index (χ0v) is 22.2. The van der Waals surface area contributed by atoms with Gasteiger partial charge in [-0.3, -0.25) is 0 Å². The maximum Gasteiger partial charge on any atom is 0.269 e. The molecular formula is C23H30N8O3S2. The third kappa shape index (κ3) is 5.32. The van der Waals surface area contributed by atoms with Crippen molar-refractivity contribution >= 4 is 52.1 Å². The van der Waals surface area contributed by atoms with Crippen LogP contribution in [-0.2, 0) is 21.3 Å². The van der Waals surface area contributed by atoms with Crippen LogP contribution in [0, 0.1) is 12.8 Å². The number of nitrogens with one attached hydrogen (secondary N) is 2. The summed E-state index contributed by atoms with van der Waals surface area (Å²) in [6.45, 7) is 5.08. The fourth-order valence-corrected chi connectivity index (χ4v) is 5.16. The van der Waals surface area contributed by atoms with Crippen molar-refractivity contribution in [3.63, 3.8) is 0 Å². The summed E-state index contributed by atoms with van der Waals surface area (Å²) in [4.78, 5) is 9.40. The molecule has 13 heteroatoms. The lowest BCUT2D eigenvalue weighted by Gasteiger charge is -2.15. The minimum Gasteiger partial charge on any atom is -0.383 e. The Kier molecular flexibility index (Phi) is 7.52. The normalized spacial score (nSPS) is 14.4. The number of anilines is 3. The Bertz CT molecular complexity index is 1450. The summed E-state index contributed by atoms with van der Waals surface area (Å²) in [6, 6.07) is 8.68. The Morgan fingerprint density at radius 2 is 1.92 bits per heavy atom. The van der Waals surface area contributed by atoms with Crippen LogP contribution in [0.4, 0.5) is 17.6 Å². The molecule has 0 aliphatic heterocycles. The van der Waals surface area contributed by atoms with Crippen molar-refractivity contribution in [3.05, 3.63) is 48.3 Å². The van der Waals surface area contributed by atoms with Crippen molar-refractivity contribution in [2.24, 2.45) is 5.92 Å². The van der Waals surface area contributed by atoms with Gasteiger partial charge in [-0.15, -0.1) is 5.10 Å². The molecule has 3 aromatic heterocycles. The quantitative estimate of drug-likeness (QED) is 0.317. The molecule has 1 saturated carbocycles. The minimum absolute atomic E-state index is 0. The molecule has 0 amide bonds. The lowest BCUT2D eigenvalue weighted by molar-refractivity contribution is 0.183. The van der Waals surface area contributed by atoms with E-state index in [-0.39, 0.29) is 36.0 Å². The predicted molar refractivity (Wildman–Crippen MR) is 143 cm³/mol. The van der Waals surface area contributed by atoms with Crippen LogP contribution >= 0.6 is 13.5 Å². The molecule has 3 heterocycles. The van der Waals surface area contributed by atoms with Crippen molar-refractivity contribution in [2.75, 3.05) is 24.4 Å². The van der Waals surface area contributed by atoms with E-state index in [1.807, 2.05) is 6.92 Å². The van der Waals surface area contributed by atoms with Crippen LogP contribution in [0.2, 0.25) is 0 Å². The second-order valence-corrected chi connectivity index (χ2v) is 10.6. The molecule has 0 unspecified atom stereocenters. The van der Waals surface area contributed by atoms with Crippen molar-refractivity contribution in [1.29, 1.82) is 0 Å². The number of benzene rings is 1. The molecule has 0 spiro atoms. The summed E-state index contributed by atoms with van der Waals surface area (Å²) in [6.07, 6.45) is 5.57. The molecule has 0 radical (unpaired) electrons. The predicted octanol–water partition coefficient (Wildman–Crippen LogP) is 3.28. The molecule has 0 bridgehead atoms. The van der Waals surface area contributed by atoms with Gasteiger partial charge >= 0.3 is 0 Å². The molecule has 192 valence electrons. The van der Waals surface area contributed by atoms with E-state index < -0.39 is 10.0 Å². The average Bonchev–Trinajstić information content (AvgIpc) is 3.45. The highest BCUT2D eigenvalue weighted by Gasteiger charge is 2.29. The number of aryl methyl sites for hydroxylation is 1. The standard InChI is InChI=1S/C23H28N8O3S.H2S/c1-15-4-8-18(9-5-15)35(32,33)31-11-10-19-21(24-16(2)17-6-7-17)26-23(27-22(19)31)25-20-14-30(29-28-20)12-13-34-3;/h4-5,8-11,14,16-17H,6-7,12-13H2,1-3H3,(H2,24,25,26,27);1H2/t16-;/m0./s1. The van der Waals surface area contributed by atoms with Gasteiger partial charge in [0.1, 0.15) is 5.82 Å². The van der Waals surface area contributed by atoms with Gasteiger partial charge in [-0.25, -0.2) is 17.1 Å². The van der Waals surface area contributed by atoms with Crippen LogP contribution in [0.25, 0.3) is 11.0 Å². The SMILES string of the molecule is COCCn1cc(Nc2nc(N[C@@H](C)C3CC3)c3ccn(S(=O)(=O)c4ccc(C)cc4)c3n2)nn1.S. The Balaban J connectivity index is 0.00000304. The number of nitrogens with zero attached hydrogens (tertiary/aromatic N) is 6. The van der Waals surface area contributed by atoms with Crippen LogP contribution in [0.1, 0.15) is 25.3 Å². The lowest BCUT2D eigenvalue weighted by Crippen LogP contribution is -2.19. The summed E-state index contributed by atoms with van der Waals surface area (Å²) in [5, 5.41) is 15.3. The monoisotopic (exact) mass is 530 g/mol. The summed E-state index contributed by atoms with van der Waals surface area (Å²) in [5.74, 6) is 1.82. The van der Waals surface area contributed by atoms with Crippen molar-refractivity contribution in [1.82, 2.24) is 28.9 Å². The maximum atomic E-state index is 13.5. The second-order valence-electron chi connectivity index (χ2n) is 8.82. The largest absolute Gasteiger partial charge is 0.383 e. The first-order valence-corrected chi connectivity index (χ1v) is 12.9. The van der Waals surface area contributed by atoms with E-state index in [1.165, 1.54) is 23.0 Å². The third-order valence-corrected chi connectivity index (χ3v) is 7.77. The Hall–Kier alpha value is -3.16. The maximum absolute atomic E-state index is 13.5. The van der Waals surface area contributed by atoms with E-state index in [9.17, 15) is 8.42 Å². The van der Waals surface area contributed by atoms with Crippen LogP contribution in [-0.4, -0.2) is 57.1 Å². The molecule has 0 saturated heterocycles. The van der Waals surface area contributed by atoms with Gasteiger partial charge in [-0.2, -0.15) is 23.5 Å². The number of aromatic nitrogens is 6. The van der Waals surface area contributed by atoms with E-state index in [0.29, 0.717) is 36.1 Å². The van der Waals surface area contributed by atoms with Crippen molar-refractivity contribution < 1.29 is 13.2 Å². The number of rotatable bonds is 10. The van der Waals surface area contributed by atoms with Gasteiger partial charge in [0, 0.05) is 19.3 Å². The molecule has 2 N–H and O–H groups in total. The number of hydrogen-bond acceptors (Lipinski definition) is 9. The molecule has 1 aliphatic carbocycles. The molecule has 11 nitrogen and oxygen atoms in total. The van der Waals surface area contributed by atoms with Crippen molar-refractivity contribution in [3.8, 4) is 0 Å². The van der Waals surface area contributed by atoms with Gasteiger partial charge in [-0.1, -0.05) is 22.9 Å². The van der Waals surface area contributed by atoms with Crippen molar-refractivity contribution in [2.45, 2.75) is 44.2 Å².